The van der Waals surface area contributed by atoms with E-state index in [1.165, 1.54) is 0 Å². The van der Waals surface area contributed by atoms with E-state index >= 15 is 0 Å². The Hall–Kier alpha value is -3.25. The zero-order valence-corrected chi connectivity index (χ0v) is 19.5. The quantitative estimate of drug-likeness (QED) is 0.123. The third kappa shape index (κ3) is 6.37. The van der Waals surface area contributed by atoms with Crippen molar-refractivity contribution in [2.75, 3.05) is 0 Å². The maximum atomic E-state index is 10.3. The van der Waals surface area contributed by atoms with Crippen LogP contribution in [0.3, 0.4) is 0 Å². The first kappa shape index (κ1) is 25.0. The van der Waals surface area contributed by atoms with Gasteiger partial charge in [0.15, 0.2) is 5.84 Å². The normalized spacial score (nSPS) is 12.5. The van der Waals surface area contributed by atoms with Gasteiger partial charge in [-0.15, -0.1) is 5.10 Å². The number of hydrogen-bond acceptors (Lipinski definition) is 5. The average molecular weight is 436 g/mol. The van der Waals surface area contributed by atoms with Crippen molar-refractivity contribution in [3.63, 3.8) is 0 Å². The smallest absolute Gasteiger partial charge is 0.152 e. The van der Waals surface area contributed by atoms with Gasteiger partial charge in [0.1, 0.15) is 5.76 Å². The minimum atomic E-state index is -0.181. The molecule has 0 aromatic heterocycles. The number of hydrazine groups is 1. The van der Waals surface area contributed by atoms with Crippen molar-refractivity contribution in [1.82, 2.24) is 10.4 Å². The lowest BCUT2D eigenvalue weighted by Gasteiger charge is -2.37. The number of hydrogen-bond donors (Lipinski definition) is 4. The number of nitrogens with one attached hydrogen (secondary N) is 1. The van der Waals surface area contributed by atoms with E-state index in [0.29, 0.717) is 12.4 Å². The maximum Gasteiger partial charge on any atom is 0.152 e. The molecule has 0 saturated carbocycles. The number of benzene rings is 2. The molecule has 6 N–H and O–H groups in total. The van der Waals surface area contributed by atoms with E-state index in [4.69, 9.17) is 11.6 Å². The number of aliphatic hydroxyl groups is 1. The van der Waals surface area contributed by atoms with Gasteiger partial charge in [-0.2, -0.15) is 0 Å². The molecule has 0 amide bonds. The molecular formula is C26H37N5O. The minimum Gasteiger partial charge on any atom is -0.511 e. The van der Waals surface area contributed by atoms with Gasteiger partial charge in [-0.1, -0.05) is 88.9 Å². The molecule has 0 aliphatic carbocycles. The zero-order chi connectivity index (χ0) is 23.7. The highest BCUT2D eigenvalue weighted by molar-refractivity contribution is 6.03. The topological polar surface area (TPSA) is 99.9 Å². The molecule has 6 nitrogen and oxygen atoms in total. The number of nitrogens with zero attached hydrogens (tertiary/aromatic N) is 2. The third-order valence-corrected chi connectivity index (χ3v) is 5.54. The maximum absolute atomic E-state index is 10.3. The molecule has 0 saturated heterocycles. The Morgan fingerprint density at radius 2 is 1.78 bits per heavy atom. The lowest BCUT2D eigenvalue weighted by Crippen LogP contribution is -2.39. The summed E-state index contributed by atoms with van der Waals surface area (Å²) in [6.07, 6.45) is 3.06. The third-order valence-electron chi connectivity index (χ3n) is 5.54. The Morgan fingerprint density at radius 1 is 1.12 bits per heavy atom. The van der Waals surface area contributed by atoms with Crippen LogP contribution < -0.4 is 17.1 Å². The zero-order valence-electron chi connectivity index (χ0n) is 19.5. The summed E-state index contributed by atoms with van der Waals surface area (Å²) in [6.45, 7) is 15.1. The first-order valence-electron chi connectivity index (χ1n) is 11.1. The Kier molecular flexibility index (Phi) is 9.35. The van der Waals surface area contributed by atoms with Crippen molar-refractivity contribution in [1.29, 1.82) is 0 Å². The molecule has 172 valence electrons. The van der Waals surface area contributed by atoms with E-state index in [9.17, 15) is 5.11 Å². The standard InChI is InChI=1S/C26H37N5O/c1-6-7-10-19(4)31(25(18(2)3)20(5)32)17-21-13-15-22(16-14-21)23-11-8-9-12-24(23)26(27)29-30-28/h8-9,11-16,18,25,30,32H,4-7,10,17,28H2,1-3H3,(H2,27,29). The minimum absolute atomic E-state index is 0.173. The number of aliphatic hydroxyl groups excluding tert-OH is 1. The van der Waals surface area contributed by atoms with Crippen molar-refractivity contribution in [2.45, 2.75) is 52.6 Å². The van der Waals surface area contributed by atoms with E-state index in [-0.39, 0.29) is 17.7 Å². The molecular weight excluding hydrogens is 398 g/mol. The monoisotopic (exact) mass is 435 g/mol. The van der Waals surface area contributed by atoms with Crippen LogP contribution in [0.1, 0.15) is 51.2 Å². The van der Waals surface area contributed by atoms with E-state index in [0.717, 1.165) is 47.2 Å². The van der Waals surface area contributed by atoms with Crippen molar-refractivity contribution >= 4 is 5.84 Å². The molecule has 0 spiro atoms. The van der Waals surface area contributed by atoms with Crippen molar-refractivity contribution in [2.24, 2.45) is 22.6 Å². The Balaban J connectivity index is 2.34. The van der Waals surface area contributed by atoms with Crippen LogP contribution in [-0.4, -0.2) is 21.9 Å². The Bertz CT molecular complexity index is 933. The van der Waals surface area contributed by atoms with Gasteiger partial charge < -0.3 is 15.7 Å². The molecule has 32 heavy (non-hydrogen) atoms. The molecule has 0 fully saturated rings. The van der Waals surface area contributed by atoms with Gasteiger partial charge in [-0.3, -0.25) is 0 Å². The fourth-order valence-electron chi connectivity index (χ4n) is 3.93. The molecule has 2 aromatic rings. The van der Waals surface area contributed by atoms with Crippen LogP contribution in [0.4, 0.5) is 0 Å². The largest absolute Gasteiger partial charge is 0.511 e. The van der Waals surface area contributed by atoms with Gasteiger partial charge in [0.05, 0.1) is 6.04 Å². The average Bonchev–Trinajstić information content (AvgIpc) is 2.77. The Labute approximate surface area is 192 Å². The van der Waals surface area contributed by atoms with Crippen molar-refractivity contribution in [3.8, 4) is 11.1 Å². The van der Waals surface area contributed by atoms with Gasteiger partial charge in [0, 0.05) is 17.8 Å². The predicted octanol–water partition coefficient (Wildman–Crippen LogP) is 5.04. The van der Waals surface area contributed by atoms with Gasteiger partial charge in [0.2, 0.25) is 0 Å². The first-order chi connectivity index (χ1) is 15.3. The lowest BCUT2D eigenvalue weighted by atomic mass is 9.96. The molecule has 6 heteroatoms. The number of allylic oxidation sites excluding steroid dienone is 1. The van der Waals surface area contributed by atoms with Gasteiger partial charge in [0.25, 0.3) is 0 Å². The molecule has 2 rings (SSSR count). The fraction of sp³-hybridized carbons (Fsp3) is 0.346. The molecule has 1 unspecified atom stereocenters. The van der Waals surface area contributed by atoms with Crippen LogP contribution in [-0.2, 0) is 6.54 Å². The highest BCUT2D eigenvalue weighted by Gasteiger charge is 2.25. The highest BCUT2D eigenvalue weighted by atomic mass is 16.3. The summed E-state index contributed by atoms with van der Waals surface area (Å²) in [7, 11) is 0. The van der Waals surface area contributed by atoms with E-state index in [2.05, 4.69) is 73.7 Å². The van der Waals surface area contributed by atoms with E-state index in [1.807, 2.05) is 24.3 Å². The number of hydrazone groups is 1. The summed E-state index contributed by atoms with van der Waals surface area (Å²) in [4.78, 5) is 2.18. The van der Waals surface area contributed by atoms with Crippen LogP contribution in [0.5, 0.6) is 0 Å². The number of unbranched alkanes of at least 4 members (excludes halogenated alkanes) is 1. The molecule has 0 aliphatic heterocycles. The van der Waals surface area contributed by atoms with Gasteiger partial charge >= 0.3 is 0 Å². The summed E-state index contributed by atoms with van der Waals surface area (Å²) < 4.78 is 0. The lowest BCUT2D eigenvalue weighted by molar-refractivity contribution is 0.165. The molecule has 0 radical (unpaired) electrons. The second-order valence-electron chi connectivity index (χ2n) is 8.35. The summed E-state index contributed by atoms with van der Waals surface area (Å²) >= 11 is 0. The van der Waals surface area contributed by atoms with Crippen molar-refractivity contribution in [3.05, 3.63) is 84.3 Å². The summed E-state index contributed by atoms with van der Waals surface area (Å²) in [5.41, 5.74) is 13.3. The summed E-state index contributed by atoms with van der Waals surface area (Å²) in [5.74, 6) is 5.99. The Morgan fingerprint density at radius 3 is 2.34 bits per heavy atom. The number of nitrogens with two attached hydrogens (primary N) is 2. The SMILES string of the molecule is C=C(O)C(C(C)C)N(Cc1ccc(-c2ccccc2/C(N)=N/NN)cc1)C(=C)CCCC. The molecule has 0 bridgehead atoms. The van der Waals surface area contributed by atoms with Gasteiger partial charge in [-0.05, 0) is 35.4 Å². The van der Waals surface area contributed by atoms with Gasteiger partial charge in [-0.25, -0.2) is 11.4 Å². The molecule has 0 heterocycles. The fourth-order valence-corrected chi connectivity index (χ4v) is 3.93. The highest BCUT2D eigenvalue weighted by Crippen LogP contribution is 2.28. The number of rotatable bonds is 12. The van der Waals surface area contributed by atoms with Crippen LogP contribution in [0.15, 0.2) is 78.2 Å². The molecule has 2 aromatic carbocycles. The summed E-state index contributed by atoms with van der Waals surface area (Å²) in [5, 5.41) is 14.2. The van der Waals surface area contributed by atoms with Crippen LogP contribution in [0, 0.1) is 5.92 Å². The number of amidine groups is 1. The first-order valence-corrected chi connectivity index (χ1v) is 11.1. The van der Waals surface area contributed by atoms with E-state index in [1.54, 1.807) is 0 Å². The predicted molar refractivity (Wildman–Crippen MR) is 135 cm³/mol. The molecule has 0 aliphatic rings. The van der Waals surface area contributed by atoms with E-state index < -0.39 is 0 Å². The van der Waals surface area contributed by atoms with Crippen molar-refractivity contribution < 1.29 is 5.11 Å². The van der Waals surface area contributed by atoms with Crippen LogP contribution in [0.2, 0.25) is 0 Å². The van der Waals surface area contributed by atoms with Crippen LogP contribution >= 0.6 is 0 Å². The second-order valence-corrected chi connectivity index (χ2v) is 8.35. The molecule has 1 atom stereocenters. The summed E-state index contributed by atoms with van der Waals surface area (Å²) in [6, 6.07) is 16.0. The van der Waals surface area contributed by atoms with Crippen LogP contribution in [0.25, 0.3) is 11.1 Å². The second kappa shape index (κ2) is 12.0.